The molecule has 70 valence electrons. The number of hydrogen-bond donors (Lipinski definition) is 0. The molecule has 1 aromatic rings. The number of aromatic nitrogens is 2. The normalized spacial score (nSPS) is 22.0. The third kappa shape index (κ3) is 1.95. The largest absolute Gasteiger partial charge is 0.376 e. The minimum Gasteiger partial charge on any atom is -0.376 e. The van der Waals surface area contributed by atoms with Crippen molar-refractivity contribution in [1.82, 2.24) is 9.55 Å². The molecule has 0 radical (unpaired) electrons. The van der Waals surface area contributed by atoms with Gasteiger partial charge in [0, 0.05) is 19.3 Å². The molecule has 1 fully saturated rings. The molecule has 0 unspecified atom stereocenters. The van der Waals surface area contributed by atoms with Gasteiger partial charge in [-0.25, -0.2) is 4.98 Å². The Labute approximate surface area is 76.5 Å². The molecule has 0 bridgehead atoms. The first-order valence-electron chi connectivity index (χ1n) is 4.47. The van der Waals surface area contributed by atoms with Gasteiger partial charge in [-0.15, -0.1) is 0 Å². The second-order valence-electron chi connectivity index (χ2n) is 3.25. The molecule has 0 aromatic carbocycles. The van der Waals surface area contributed by atoms with Crippen LogP contribution in [0.3, 0.4) is 0 Å². The van der Waals surface area contributed by atoms with E-state index in [1.54, 1.807) is 12.5 Å². The minimum atomic E-state index is 0.300. The Balaban J connectivity index is 1.96. The first kappa shape index (κ1) is 8.44. The highest BCUT2D eigenvalue weighted by Gasteiger charge is 2.15. The molecular weight excluding hydrogens is 168 g/mol. The molecular formula is C9H12N2O2. The lowest BCUT2D eigenvalue weighted by atomic mass is 10.2. The molecule has 0 spiro atoms. The Bertz CT molecular complexity index is 290. The Morgan fingerprint density at radius 2 is 2.69 bits per heavy atom. The predicted molar refractivity (Wildman–Crippen MR) is 46.6 cm³/mol. The fourth-order valence-electron chi connectivity index (χ4n) is 1.56. The van der Waals surface area contributed by atoms with Gasteiger partial charge in [0.2, 0.25) is 0 Å². The Kier molecular flexibility index (Phi) is 2.40. The van der Waals surface area contributed by atoms with Crippen LogP contribution in [0.1, 0.15) is 23.3 Å². The number of imidazole rings is 1. The summed E-state index contributed by atoms with van der Waals surface area (Å²) in [6, 6.07) is 0. The van der Waals surface area contributed by atoms with E-state index >= 15 is 0 Å². The third-order valence-corrected chi connectivity index (χ3v) is 2.21. The van der Waals surface area contributed by atoms with Gasteiger partial charge in [-0.1, -0.05) is 0 Å². The zero-order valence-corrected chi connectivity index (χ0v) is 7.35. The highest BCUT2D eigenvalue weighted by atomic mass is 16.5. The predicted octanol–water partition coefficient (Wildman–Crippen LogP) is 0.875. The Morgan fingerprint density at radius 3 is 3.31 bits per heavy atom. The summed E-state index contributed by atoms with van der Waals surface area (Å²) < 4.78 is 7.37. The average molecular weight is 180 g/mol. The van der Waals surface area contributed by atoms with Crippen LogP contribution in [0.25, 0.3) is 0 Å². The summed E-state index contributed by atoms with van der Waals surface area (Å²) in [6.45, 7) is 1.67. The molecule has 0 aliphatic carbocycles. The Morgan fingerprint density at radius 1 is 1.77 bits per heavy atom. The van der Waals surface area contributed by atoms with Gasteiger partial charge < -0.3 is 9.30 Å². The quantitative estimate of drug-likeness (QED) is 0.648. The van der Waals surface area contributed by atoms with Gasteiger partial charge in [0.25, 0.3) is 0 Å². The van der Waals surface area contributed by atoms with Gasteiger partial charge in [-0.05, 0) is 12.8 Å². The second kappa shape index (κ2) is 3.70. The summed E-state index contributed by atoms with van der Waals surface area (Å²) in [5.41, 5.74) is 0.484. The second-order valence-corrected chi connectivity index (χ2v) is 3.25. The summed E-state index contributed by atoms with van der Waals surface area (Å²) in [7, 11) is 0. The molecule has 1 aromatic heterocycles. The smallest absolute Gasteiger partial charge is 0.169 e. The van der Waals surface area contributed by atoms with E-state index in [0.29, 0.717) is 11.8 Å². The SMILES string of the molecule is O=Cc1cn(C[C@H]2CCCO2)cn1. The van der Waals surface area contributed by atoms with Crippen LogP contribution in [0.5, 0.6) is 0 Å². The van der Waals surface area contributed by atoms with Crippen molar-refractivity contribution in [3.8, 4) is 0 Å². The molecule has 0 saturated carbocycles. The molecule has 1 aliphatic rings. The molecule has 4 heteroatoms. The molecule has 0 N–H and O–H groups in total. The maximum atomic E-state index is 10.3. The van der Waals surface area contributed by atoms with Crippen molar-refractivity contribution in [2.45, 2.75) is 25.5 Å². The number of nitrogens with zero attached hydrogens (tertiary/aromatic N) is 2. The van der Waals surface area contributed by atoms with Crippen molar-refractivity contribution in [3.05, 3.63) is 18.2 Å². The maximum Gasteiger partial charge on any atom is 0.169 e. The lowest BCUT2D eigenvalue weighted by Gasteiger charge is -2.08. The van der Waals surface area contributed by atoms with Gasteiger partial charge in [-0.2, -0.15) is 0 Å². The molecule has 1 atom stereocenters. The van der Waals surface area contributed by atoms with Crippen molar-refractivity contribution in [3.63, 3.8) is 0 Å². The van der Waals surface area contributed by atoms with Gasteiger partial charge in [0.15, 0.2) is 6.29 Å². The molecule has 2 rings (SSSR count). The zero-order valence-electron chi connectivity index (χ0n) is 7.35. The van der Waals surface area contributed by atoms with Crippen LogP contribution >= 0.6 is 0 Å². The van der Waals surface area contributed by atoms with Crippen LogP contribution in [0.4, 0.5) is 0 Å². The van der Waals surface area contributed by atoms with Crippen molar-refractivity contribution >= 4 is 6.29 Å². The summed E-state index contributed by atoms with van der Waals surface area (Å²) in [6.07, 6.45) is 6.72. The van der Waals surface area contributed by atoms with Crippen LogP contribution in [0.2, 0.25) is 0 Å². The number of hydrogen-bond acceptors (Lipinski definition) is 3. The number of carbonyl (C=O) groups excluding carboxylic acids is 1. The van der Waals surface area contributed by atoms with Crippen molar-refractivity contribution in [2.75, 3.05) is 6.61 Å². The Hall–Kier alpha value is -1.16. The number of aldehydes is 1. The van der Waals surface area contributed by atoms with Gasteiger partial charge in [-0.3, -0.25) is 4.79 Å². The molecule has 13 heavy (non-hydrogen) atoms. The van der Waals surface area contributed by atoms with Crippen LogP contribution in [0.15, 0.2) is 12.5 Å². The molecule has 0 amide bonds. The monoisotopic (exact) mass is 180 g/mol. The standard InChI is InChI=1S/C9H12N2O2/c12-6-8-4-11(7-10-8)5-9-2-1-3-13-9/h4,6-7,9H,1-3,5H2/t9-/m1/s1. The van der Waals surface area contributed by atoms with E-state index in [-0.39, 0.29) is 0 Å². The van der Waals surface area contributed by atoms with E-state index in [4.69, 9.17) is 4.74 Å². The van der Waals surface area contributed by atoms with Crippen molar-refractivity contribution in [1.29, 1.82) is 0 Å². The summed E-state index contributed by atoms with van der Waals surface area (Å²) >= 11 is 0. The van der Waals surface area contributed by atoms with Crippen LogP contribution in [-0.2, 0) is 11.3 Å². The summed E-state index contributed by atoms with van der Waals surface area (Å²) in [5, 5.41) is 0. The van der Waals surface area contributed by atoms with E-state index < -0.39 is 0 Å². The van der Waals surface area contributed by atoms with Crippen LogP contribution in [-0.4, -0.2) is 28.5 Å². The van der Waals surface area contributed by atoms with Crippen LogP contribution < -0.4 is 0 Å². The third-order valence-electron chi connectivity index (χ3n) is 2.21. The average Bonchev–Trinajstić information content (AvgIpc) is 2.76. The minimum absolute atomic E-state index is 0.300. The van der Waals surface area contributed by atoms with E-state index in [1.807, 2.05) is 4.57 Å². The highest BCUT2D eigenvalue weighted by molar-refractivity contribution is 5.70. The number of ether oxygens (including phenoxy) is 1. The first-order chi connectivity index (χ1) is 6.38. The lowest BCUT2D eigenvalue weighted by molar-refractivity contribution is 0.0969. The van der Waals surface area contributed by atoms with Gasteiger partial charge in [0.05, 0.1) is 12.4 Å². The van der Waals surface area contributed by atoms with Crippen molar-refractivity contribution in [2.24, 2.45) is 0 Å². The van der Waals surface area contributed by atoms with Gasteiger partial charge in [0.1, 0.15) is 5.69 Å². The topological polar surface area (TPSA) is 44.1 Å². The van der Waals surface area contributed by atoms with Gasteiger partial charge >= 0.3 is 0 Å². The number of carbonyl (C=O) groups is 1. The highest BCUT2D eigenvalue weighted by Crippen LogP contribution is 2.13. The van der Waals surface area contributed by atoms with E-state index in [2.05, 4.69) is 4.98 Å². The fourth-order valence-corrected chi connectivity index (χ4v) is 1.56. The first-order valence-corrected chi connectivity index (χ1v) is 4.47. The van der Waals surface area contributed by atoms with Crippen molar-refractivity contribution < 1.29 is 9.53 Å². The molecule has 1 saturated heterocycles. The van der Waals surface area contributed by atoms with E-state index in [9.17, 15) is 4.79 Å². The zero-order chi connectivity index (χ0) is 9.10. The summed E-state index contributed by atoms with van der Waals surface area (Å²) in [4.78, 5) is 14.3. The molecule has 4 nitrogen and oxygen atoms in total. The number of rotatable bonds is 3. The van der Waals surface area contributed by atoms with Crippen LogP contribution in [0, 0.1) is 0 Å². The lowest BCUT2D eigenvalue weighted by Crippen LogP contribution is -2.13. The fraction of sp³-hybridized carbons (Fsp3) is 0.556. The molecule has 2 heterocycles. The molecule has 1 aliphatic heterocycles. The summed E-state index contributed by atoms with van der Waals surface area (Å²) in [5.74, 6) is 0. The van der Waals surface area contributed by atoms with E-state index in [0.717, 1.165) is 32.3 Å². The van der Waals surface area contributed by atoms with E-state index in [1.165, 1.54) is 0 Å². The maximum absolute atomic E-state index is 10.3.